The SMILES string of the molecule is O=C(CCc1c[nH]c2ccccc12)Nc1ccc(N2CCCC2)cc1. The number of hydrogen-bond acceptors (Lipinski definition) is 2. The lowest BCUT2D eigenvalue weighted by Gasteiger charge is -2.17. The summed E-state index contributed by atoms with van der Waals surface area (Å²) < 4.78 is 0. The molecule has 1 fully saturated rings. The lowest BCUT2D eigenvalue weighted by Crippen LogP contribution is -2.17. The lowest BCUT2D eigenvalue weighted by molar-refractivity contribution is -0.116. The van der Waals surface area contributed by atoms with Crippen LogP contribution in [0.25, 0.3) is 10.9 Å². The van der Waals surface area contributed by atoms with Gasteiger partial charge in [0.15, 0.2) is 0 Å². The van der Waals surface area contributed by atoms with E-state index in [2.05, 4.69) is 39.5 Å². The number of nitrogens with one attached hydrogen (secondary N) is 2. The highest BCUT2D eigenvalue weighted by Gasteiger charge is 2.12. The molecule has 0 spiro atoms. The molecular weight excluding hydrogens is 310 g/mol. The minimum absolute atomic E-state index is 0.0548. The number of amides is 1. The van der Waals surface area contributed by atoms with Crippen molar-refractivity contribution in [3.05, 3.63) is 60.3 Å². The number of carbonyl (C=O) groups is 1. The Balaban J connectivity index is 1.34. The van der Waals surface area contributed by atoms with Crippen LogP contribution in [0.2, 0.25) is 0 Å². The van der Waals surface area contributed by atoms with E-state index in [0.29, 0.717) is 6.42 Å². The van der Waals surface area contributed by atoms with Crippen LogP contribution < -0.4 is 10.2 Å². The molecule has 2 aromatic carbocycles. The lowest BCUT2D eigenvalue weighted by atomic mass is 10.1. The molecule has 1 aliphatic heterocycles. The van der Waals surface area contributed by atoms with Crippen LogP contribution in [0.5, 0.6) is 0 Å². The number of rotatable bonds is 5. The highest BCUT2D eigenvalue weighted by atomic mass is 16.1. The van der Waals surface area contributed by atoms with Crippen molar-refractivity contribution in [2.45, 2.75) is 25.7 Å². The van der Waals surface area contributed by atoms with Crippen LogP contribution in [0.1, 0.15) is 24.8 Å². The highest BCUT2D eigenvalue weighted by Crippen LogP contribution is 2.22. The summed E-state index contributed by atoms with van der Waals surface area (Å²) in [7, 11) is 0. The molecule has 2 N–H and O–H groups in total. The molecule has 1 saturated heterocycles. The summed E-state index contributed by atoms with van der Waals surface area (Å²) in [6, 6.07) is 16.4. The zero-order valence-corrected chi connectivity index (χ0v) is 14.3. The van der Waals surface area contributed by atoms with Crippen LogP contribution in [0.3, 0.4) is 0 Å². The Hall–Kier alpha value is -2.75. The number of aromatic amines is 1. The van der Waals surface area contributed by atoms with Crippen molar-refractivity contribution in [1.29, 1.82) is 0 Å². The van der Waals surface area contributed by atoms with Gasteiger partial charge in [-0.25, -0.2) is 0 Å². The van der Waals surface area contributed by atoms with Gasteiger partial charge in [0.2, 0.25) is 5.91 Å². The van der Waals surface area contributed by atoms with Gasteiger partial charge >= 0.3 is 0 Å². The summed E-state index contributed by atoms with van der Waals surface area (Å²) in [4.78, 5) is 17.9. The van der Waals surface area contributed by atoms with Crippen molar-refractivity contribution in [1.82, 2.24) is 4.98 Å². The smallest absolute Gasteiger partial charge is 0.224 e. The maximum atomic E-state index is 12.3. The van der Waals surface area contributed by atoms with E-state index in [4.69, 9.17) is 0 Å². The average molecular weight is 333 g/mol. The van der Waals surface area contributed by atoms with Crippen LogP contribution in [-0.2, 0) is 11.2 Å². The number of nitrogens with zero attached hydrogens (tertiary/aromatic N) is 1. The van der Waals surface area contributed by atoms with Crippen molar-refractivity contribution in [3.8, 4) is 0 Å². The molecular formula is C21H23N3O. The molecule has 0 unspecified atom stereocenters. The van der Waals surface area contributed by atoms with Gasteiger partial charge in [-0.2, -0.15) is 0 Å². The molecule has 0 aliphatic carbocycles. The van der Waals surface area contributed by atoms with E-state index < -0.39 is 0 Å². The van der Waals surface area contributed by atoms with Crippen LogP contribution in [-0.4, -0.2) is 24.0 Å². The quantitative estimate of drug-likeness (QED) is 0.730. The fraction of sp³-hybridized carbons (Fsp3) is 0.286. The second-order valence-electron chi connectivity index (χ2n) is 6.65. The Bertz CT molecular complexity index is 860. The summed E-state index contributed by atoms with van der Waals surface area (Å²) >= 11 is 0. The number of fused-ring (bicyclic) bond motifs is 1. The van der Waals surface area contributed by atoms with E-state index in [0.717, 1.165) is 30.7 Å². The molecule has 0 bridgehead atoms. The van der Waals surface area contributed by atoms with Gasteiger partial charge in [0.25, 0.3) is 0 Å². The first kappa shape index (κ1) is 15.8. The van der Waals surface area contributed by atoms with Gasteiger partial charge in [-0.15, -0.1) is 0 Å². The van der Waals surface area contributed by atoms with Crippen LogP contribution in [0.4, 0.5) is 11.4 Å². The Kier molecular flexibility index (Phi) is 4.42. The molecule has 1 aliphatic rings. The Morgan fingerprint density at radius 3 is 2.60 bits per heavy atom. The van der Waals surface area contributed by atoms with E-state index in [1.54, 1.807) is 0 Å². The zero-order valence-electron chi connectivity index (χ0n) is 14.3. The third kappa shape index (κ3) is 3.53. The van der Waals surface area contributed by atoms with Crippen molar-refractivity contribution < 1.29 is 4.79 Å². The summed E-state index contributed by atoms with van der Waals surface area (Å²) in [5.41, 5.74) is 4.42. The molecule has 0 atom stereocenters. The molecule has 4 heteroatoms. The summed E-state index contributed by atoms with van der Waals surface area (Å²) in [6.45, 7) is 2.27. The van der Waals surface area contributed by atoms with E-state index in [1.165, 1.54) is 29.5 Å². The summed E-state index contributed by atoms with van der Waals surface area (Å²) in [5, 5.41) is 4.20. The number of hydrogen-bond donors (Lipinski definition) is 2. The Morgan fingerprint density at radius 1 is 1.04 bits per heavy atom. The van der Waals surface area contributed by atoms with E-state index >= 15 is 0 Å². The molecule has 25 heavy (non-hydrogen) atoms. The van der Waals surface area contributed by atoms with E-state index in [9.17, 15) is 4.79 Å². The molecule has 2 heterocycles. The molecule has 0 saturated carbocycles. The van der Waals surface area contributed by atoms with Crippen molar-refractivity contribution in [2.24, 2.45) is 0 Å². The molecule has 3 aromatic rings. The second kappa shape index (κ2) is 7.01. The third-order valence-corrected chi connectivity index (χ3v) is 4.92. The van der Waals surface area contributed by atoms with Crippen molar-refractivity contribution >= 4 is 28.2 Å². The Morgan fingerprint density at radius 2 is 1.80 bits per heavy atom. The van der Waals surface area contributed by atoms with Gasteiger partial charge in [-0.05, 0) is 55.2 Å². The fourth-order valence-corrected chi connectivity index (χ4v) is 3.54. The van der Waals surface area contributed by atoms with E-state index in [-0.39, 0.29) is 5.91 Å². The number of aromatic nitrogens is 1. The number of H-pyrrole nitrogens is 1. The number of benzene rings is 2. The topological polar surface area (TPSA) is 48.1 Å². The minimum Gasteiger partial charge on any atom is -0.372 e. The number of aryl methyl sites for hydroxylation is 1. The average Bonchev–Trinajstić information content (AvgIpc) is 3.31. The predicted molar refractivity (Wildman–Crippen MR) is 103 cm³/mol. The van der Waals surface area contributed by atoms with Gasteiger partial charge in [-0.1, -0.05) is 18.2 Å². The maximum Gasteiger partial charge on any atom is 0.224 e. The van der Waals surface area contributed by atoms with Crippen LogP contribution in [0, 0.1) is 0 Å². The number of carbonyl (C=O) groups excluding carboxylic acids is 1. The summed E-state index contributed by atoms with van der Waals surface area (Å²) in [6.07, 6.45) is 5.76. The predicted octanol–water partition coefficient (Wildman–Crippen LogP) is 4.34. The standard InChI is InChI=1S/C21H23N3O/c25-21(12-7-16-15-22-20-6-2-1-5-19(16)20)23-17-8-10-18(11-9-17)24-13-3-4-14-24/h1-2,5-6,8-11,15,22H,3-4,7,12-14H2,(H,23,25). The summed E-state index contributed by atoms with van der Waals surface area (Å²) in [5.74, 6) is 0.0548. The normalized spacial score (nSPS) is 14.2. The first-order valence-corrected chi connectivity index (χ1v) is 8.99. The van der Waals surface area contributed by atoms with Gasteiger partial charge < -0.3 is 15.2 Å². The monoisotopic (exact) mass is 333 g/mol. The fourth-order valence-electron chi connectivity index (χ4n) is 3.54. The van der Waals surface area contributed by atoms with Gasteiger partial charge in [-0.3, -0.25) is 4.79 Å². The largest absolute Gasteiger partial charge is 0.372 e. The molecule has 4 rings (SSSR count). The molecule has 0 radical (unpaired) electrons. The third-order valence-electron chi connectivity index (χ3n) is 4.92. The molecule has 4 nitrogen and oxygen atoms in total. The number of anilines is 2. The van der Waals surface area contributed by atoms with Crippen LogP contribution in [0.15, 0.2) is 54.7 Å². The molecule has 128 valence electrons. The zero-order chi connectivity index (χ0) is 17.1. The van der Waals surface area contributed by atoms with Gasteiger partial charge in [0.1, 0.15) is 0 Å². The highest BCUT2D eigenvalue weighted by molar-refractivity contribution is 5.91. The first-order valence-electron chi connectivity index (χ1n) is 8.99. The van der Waals surface area contributed by atoms with Gasteiger partial charge in [0.05, 0.1) is 0 Å². The van der Waals surface area contributed by atoms with Gasteiger partial charge in [0, 0.05) is 48.0 Å². The van der Waals surface area contributed by atoms with Crippen LogP contribution >= 0.6 is 0 Å². The van der Waals surface area contributed by atoms with E-state index in [1.807, 2.05) is 30.5 Å². The maximum absolute atomic E-state index is 12.3. The minimum atomic E-state index is 0.0548. The molecule has 1 amide bonds. The van der Waals surface area contributed by atoms with Crippen molar-refractivity contribution in [2.75, 3.05) is 23.3 Å². The molecule has 1 aromatic heterocycles. The Labute approximate surface area is 147 Å². The second-order valence-corrected chi connectivity index (χ2v) is 6.65. The van der Waals surface area contributed by atoms with Crippen molar-refractivity contribution in [3.63, 3.8) is 0 Å². The first-order chi connectivity index (χ1) is 12.3. The number of para-hydroxylation sites is 1.